The molecule has 0 unspecified atom stereocenters. The van der Waals surface area contributed by atoms with Gasteiger partial charge < -0.3 is 14.5 Å². The van der Waals surface area contributed by atoms with E-state index in [9.17, 15) is 9.59 Å². The van der Waals surface area contributed by atoms with Crippen molar-refractivity contribution in [3.05, 3.63) is 29.8 Å². The van der Waals surface area contributed by atoms with Crippen molar-refractivity contribution in [2.45, 2.75) is 32.1 Å². The molecule has 1 fully saturated rings. The van der Waals surface area contributed by atoms with Crippen molar-refractivity contribution >= 4 is 17.5 Å². The third-order valence-corrected chi connectivity index (χ3v) is 5.61. The molecule has 1 N–H and O–H groups in total. The molecule has 1 aromatic carbocycles. The van der Waals surface area contributed by atoms with Gasteiger partial charge in [0.05, 0.1) is 7.11 Å². The topological polar surface area (TPSA) is 74.2 Å². The number of hydrazone groups is 1. The van der Waals surface area contributed by atoms with Gasteiger partial charge in [-0.2, -0.15) is 5.10 Å². The Morgan fingerprint density at radius 2 is 1.96 bits per heavy atom. The van der Waals surface area contributed by atoms with Gasteiger partial charge in [-0.05, 0) is 56.0 Å². The van der Waals surface area contributed by atoms with E-state index in [1.807, 2.05) is 19.2 Å². The van der Waals surface area contributed by atoms with Crippen LogP contribution in [0.4, 0.5) is 0 Å². The summed E-state index contributed by atoms with van der Waals surface area (Å²) in [5, 5.41) is 3.91. The number of nitrogens with zero attached hydrogens (tertiary/aromatic N) is 3. The molecule has 0 bridgehead atoms. The summed E-state index contributed by atoms with van der Waals surface area (Å²) in [6.45, 7) is 3.95. The first kappa shape index (κ1) is 20.3. The summed E-state index contributed by atoms with van der Waals surface area (Å²) in [6.07, 6.45) is 4.01. The molecule has 152 valence electrons. The van der Waals surface area contributed by atoms with Gasteiger partial charge in [0.1, 0.15) is 11.5 Å². The van der Waals surface area contributed by atoms with Crippen LogP contribution in [-0.4, -0.2) is 67.7 Å². The molecule has 28 heavy (non-hydrogen) atoms. The number of carbonyl (C=O) groups is 2. The number of hydrogen-bond donors (Lipinski definition) is 1. The van der Waals surface area contributed by atoms with Crippen molar-refractivity contribution in [1.82, 2.24) is 15.2 Å². The maximum Gasteiger partial charge on any atom is 0.269 e. The van der Waals surface area contributed by atoms with Crippen LogP contribution in [-0.2, 0) is 16.0 Å². The number of piperidine rings is 1. The summed E-state index contributed by atoms with van der Waals surface area (Å²) >= 11 is 0. The molecule has 0 aliphatic carbocycles. The summed E-state index contributed by atoms with van der Waals surface area (Å²) in [4.78, 5) is 27.9. The highest BCUT2D eigenvalue weighted by atomic mass is 16.5. The SMILES string of the molecule is COc1ccc(CCN2CCC(CN(C)C(=O)C3=NNC(=O)CC3)CC2)cc1. The Labute approximate surface area is 166 Å². The lowest BCUT2D eigenvalue weighted by molar-refractivity contribution is -0.124. The quantitative estimate of drug-likeness (QED) is 0.774. The van der Waals surface area contributed by atoms with Crippen molar-refractivity contribution in [3.8, 4) is 5.75 Å². The zero-order valence-electron chi connectivity index (χ0n) is 16.8. The second kappa shape index (κ2) is 9.68. The number of hydrogen-bond acceptors (Lipinski definition) is 5. The number of carbonyl (C=O) groups excluding carboxylic acids is 2. The van der Waals surface area contributed by atoms with E-state index in [4.69, 9.17) is 4.74 Å². The van der Waals surface area contributed by atoms with Gasteiger partial charge in [0.25, 0.3) is 5.91 Å². The Kier molecular flexibility index (Phi) is 7.03. The average Bonchev–Trinajstić information content (AvgIpc) is 2.73. The highest BCUT2D eigenvalue weighted by Crippen LogP contribution is 2.19. The van der Waals surface area contributed by atoms with Crippen LogP contribution in [0.3, 0.4) is 0 Å². The first-order valence-electron chi connectivity index (χ1n) is 10.0. The summed E-state index contributed by atoms with van der Waals surface area (Å²) in [5.74, 6) is 1.22. The monoisotopic (exact) mass is 386 g/mol. The summed E-state index contributed by atoms with van der Waals surface area (Å²) in [6, 6.07) is 8.28. The van der Waals surface area contributed by atoms with E-state index in [2.05, 4.69) is 27.6 Å². The maximum absolute atomic E-state index is 12.5. The molecule has 2 aliphatic heterocycles. The van der Waals surface area contributed by atoms with Crippen LogP contribution in [0.2, 0.25) is 0 Å². The van der Waals surface area contributed by atoms with E-state index in [1.54, 1.807) is 12.0 Å². The standard InChI is InChI=1S/C21H30N4O3/c1-24(21(27)19-7-8-20(26)23-22-19)15-17-10-13-25(14-11-17)12-9-16-3-5-18(28-2)6-4-16/h3-6,17H,7-15H2,1-2H3,(H,23,26). The number of nitrogens with one attached hydrogen (secondary N) is 1. The Balaban J connectivity index is 1.38. The molecular weight excluding hydrogens is 356 g/mol. The van der Waals surface area contributed by atoms with Gasteiger partial charge in [-0.1, -0.05) is 12.1 Å². The summed E-state index contributed by atoms with van der Waals surface area (Å²) in [5.41, 5.74) is 4.18. The number of ether oxygens (including phenoxy) is 1. The lowest BCUT2D eigenvalue weighted by Crippen LogP contribution is -2.43. The lowest BCUT2D eigenvalue weighted by Gasteiger charge is -2.34. The minimum atomic E-state index is -0.124. The molecule has 0 saturated carbocycles. The van der Waals surface area contributed by atoms with Gasteiger partial charge in [0.15, 0.2) is 0 Å². The van der Waals surface area contributed by atoms with Crippen LogP contribution >= 0.6 is 0 Å². The minimum absolute atomic E-state index is 0.0677. The number of rotatable bonds is 7. The molecule has 0 radical (unpaired) electrons. The highest BCUT2D eigenvalue weighted by molar-refractivity contribution is 6.39. The van der Waals surface area contributed by atoms with Crippen LogP contribution in [0.25, 0.3) is 0 Å². The molecule has 7 heteroatoms. The predicted octanol–water partition coefficient (Wildman–Crippen LogP) is 1.67. The van der Waals surface area contributed by atoms with Crippen molar-refractivity contribution in [2.75, 3.05) is 40.3 Å². The molecule has 0 atom stereocenters. The predicted molar refractivity (Wildman–Crippen MR) is 108 cm³/mol. The molecular formula is C21H30N4O3. The Morgan fingerprint density at radius 3 is 2.57 bits per heavy atom. The van der Waals surface area contributed by atoms with Crippen molar-refractivity contribution < 1.29 is 14.3 Å². The maximum atomic E-state index is 12.5. The third kappa shape index (κ3) is 5.55. The molecule has 0 spiro atoms. The second-order valence-corrected chi connectivity index (χ2v) is 7.66. The largest absolute Gasteiger partial charge is 0.497 e. The first-order valence-corrected chi connectivity index (χ1v) is 10.0. The molecule has 1 aromatic rings. The van der Waals surface area contributed by atoms with Crippen molar-refractivity contribution in [3.63, 3.8) is 0 Å². The number of likely N-dealkylation sites (tertiary alicyclic amines) is 1. The van der Waals surface area contributed by atoms with Crippen LogP contribution in [0.15, 0.2) is 29.4 Å². The molecule has 2 amide bonds. The smallest absolute Gasteiger partial charge is 0.269 e. The fourth-order valence-corrected chi connectivity index (χ4v) is 3.79. The second-order valence-electron chi connectivity index (χ2n) is 7.66. The van der Waals surface area contributed by atoms with Crippen LogP contribution in [0, 0.1) is 5.92 Å². The molecule has 2 heterocycles. The summed E-state index contributed by atoms with van der Waals surface area (Å²) in [7, 11) is 3.52. The molecule has 7 nitrogen and oxygen atoms in total. The van der Waals surface area contributed by atoms with E-state index in [-0.39, 0.29) is 11.8 Å². The van der Waals surface area contributed by atoms with Crippen LogP contribution < -0.4 is 10.2 Å². The molecule has 2 aliphatic rings. The number of amides is 2. The molecule has 3 rings (SSSR count). The van der Waals surface area contributed by atoms with Gasteiger partial charge in [0.2, 0.25) is 5.91 Å². The minimum Gasteiger partial charge on any atom is -0.497 e. The van der Waals surface area contributed by atoms with E-state index in [0.29, 0.717) is 24.5 Å². The Bertz CT molecular complexity index is 709. The molecule has 0 aromatic heterocycles. The van der Waals surface area contributed by atoms with Gasteiger partial charge in [0, 0.05) is 33.0 Å². The normalized spacial score (nSPS) is 18.4. The number of benzene rings is 1. The van der Waals surface area contributed by atoms with E-state index in [0.717, 1.165) is 51.2 Å². The van der Waals surface area contributed by atoms with Crippen LogP contribution in [0.1, 0.15) is 31.2 Å². The zero-order valence-corrected chi connectivity index (χ0v) is 16.8. The van der Waals surface area contributed by atoms with E-state index in [1.165, 1.54) is 5.56 Å². The Hall–Kier alpha value is -2.41. The fraction of sp³-hybridized carbons (Fsp3) is 0.571. The van der Waals surface area contributed by atoms with Gasteiger partial charge >= 0.3 is 0 Å². The highest BCUT2D eigenvalue weighted by Gasteiger charge is 2.25. The van der Waals surface area contributed by atoms with Crippen molar-refractivity contribution in [2.24, 2.45) is 11.0 Å². The lowest BCUT2D eigenvalue weighted by atomic mass is 9.95. The average molecular weight is 386 g/mol. The van der Waals surface area contributed by atoms with Crippen molar-refractivity contribution in [1.29, 1.82) is 0 Å². The van der Waals surface area contributed by atoms with E-state index >= 15 is 0 Å². The number of methoxy groups -OCH3 is 1. The fourth-order valence-electron chi connectivity index (χ4n) is 3.79. The third-order valence-electron chi connectivity index (χ3n) is 5.61. The van der Waals surface area contributed by atoms with Gasteiger partial charge in [-0.3, -0.25) is 9.59 Å². The van der Waals surface area contributed by atoms with Gasteiger partial charge in [-0.15, -0.1) is 0 Å². The Morgan fingerprint density at radius 1 is 1.25 bits per heavy atom. The first-order chi connectivity index (χ1) is 13.5. The van der Waals surface area contributed by atoms with Crippen LogP contribution in [0.5, 0.6) is 5.75 Å². The summed E-state index contributed by atoms with van der Waals surface area (Å²) < 4.78 is 5.20. The molecule has 1 saturated heterocycles. The zero-order chi connectivity index (χ0) is 19.9. The van der Waals surface area contributed by atoms with E-state index < -0.39 is 0 Å². The van der Waals surface area contributed by atoms with Gasteiger partial charge in [-0.25, -0.2) is 5.43 Å².